The van der Waals surface area contributed by atoms with E-state index in [0.717, 1.165) is 19.5 Å². The van der Waals surface area contributed by atoms with Gasteiger partial charge >= 0.3 is 0 Å². The monoisotopic (exact) mass is 281 g/mol. The van der Waals surface area contributed by atoms with E-state index in [4.69, 9.17) is 0 Å². The van der Waals surface area contributed by atoms with Crippen LogP contribution < -0.4 is 0 Å². The minimum absolute atomic E-state index is 0.206. The summed E-state index contributed by atoms with van der Waals surface area (Å²) in [5.41, 5.74) is 2.64. The van der Waals surface area contributed by atoms with Crippen LogP contribution in [0.15, 0.2) is 60.7 Å². The highest BCUT2D eigenvalue weighted by Crippen LogP contribution is 2.34. The summed E-state index contributed by atoms with van der Waals surface area (Å²) in [4.78, 5) is 2.50. The molecule has 0 aliphatic carbocycles. The van der Waals surface area contributed by atoms with E-state index in [9.17, 15) is 5.11 Å². The van der Waals surface area contributed by atoms with Gasteiger partial charge in [-0.25, -0.2) is 0 Å². The first-order valence-corrected chi connectivity index (χ1v) is 7.75. The molecule has 2 heteroatoms. The van der Waals surface area contributed by atoms with Gasteiger partial charge in [-0.3, -0.25) is 4.90 Å². The van der Waals surface area contributed by atoms with Gasteiger partial charge in [0.15, 0.2) is 0 Å². The van der Waals surface area contributed by atoms with Crippen LogP contribution in [0.2, 0.25) is 0 Å². The minimum atomic E-state index is -0.206. The number of benzene rings is 2. The Kier molecular flexibility index (Phi) is 4.37. The summed E-state index contributed by atoms with van der Waals surface area (Å²) in [6.45, 7) is 4.02. The van der Waals surface area contributed by atoms with Gasteiger partial charge in [0, 0.05) is 19.1 Å². The molecule has 3 atom stereocenters. The van der Waals surface area contributed by atoms with Crippen LogP contribution in [0, 0.1) is 5.92 Å². The molecule has 0 saturated carbocycles. The number of aliphatic hydroxyl groups excluding tert-OH is 1. The van der Waals surface area contributed by atoms with E-state index >= 15 is 0 Å². The Bertz CT molecular complexity index is 554. The fraction of sp³-hybridized carbons (Fsp3) is 0.368. The van der Waals surface area contributed by atoms with Gasteiger partial charge in [0.25, 0.3) is 0 Å². The van der Waals surface area contributed by atoms with E-state index in [0.29, 0.717) is 12.0 Å². The minimum Gasteiger partial charge on any atom is -0.393 e. The van der Waals surface area contributed by atoms with E-state index in [2.05, 4.69) is 66.4 Å². The summed E-state index contributed by atoms with van der Waals surface area (Å²) in [5.74, 6) is 0.327. The lowest BCUT2D eigenvalue weighted by molar-refractivity contribution is -0.00495. The third-order valence-corrected chi connectivity index (χ3v) is 4.50. The molecule has 0 spiro atoms. The standard InChI is InChI=1S/C19H23NO/c1-15-13-20(14-16-8-4-2-5-9-16)18(12-19(15)21)17-10-6-3-7-11-17/h2-11,15,18-19,21H,12-14H2,1H3/t15-,18-,19?/m1/s1. The molecule has 1 aliphatic heterocycles. The smallest absolute Gasteiger partial charge is 0.0596 e. The molecule has 1 N–H and O–H groups in total. The number of rotatable bonds is 3. The maximum absolute atomic E-state index is 10.3. The summed E-state index contributed by atoms with van der Waals surface area (Å²) in [6, 6.07) is 21.5. The van der Waals surface area contributed by atoms with Crippen LogP contribution in [0.5, 0.6) is 0 Å². The molecule has 0 radical (unpaired) electrons. The predicted molar refractivity (Wildman–Crippen MR) is 85.8 cm³/mol. The van der Waals surface area contributed by atoms with E-state index in [1.165, 1.54) is 11.1 Å². The Hall–Kier alpha value is -1.64. The van der Waals surface area contributed by atoms with Crippen molar-refractivity contribution in [2.75, 3.05) is 6.54 Å². The molecule has 2 nitrogen and oxygen atoms in total. The first-order valence-electron chi connectivity index (χ1n) is 7.75. The maximum atomic E-state index is 10.3. The summed E-state index contributed by atoms with van der Waals surface area (Å²) >= 11 is 0. The first kappa shape index (κ1) is 14.3. The lowest BCUT2D eigenvalue weighted by Gasteiger charge is -2.41. The van der Waals surface area contributed by atoms with Gasteiger partial charge in [-0.05, 0) is 23.5 Å². The highest BCUT2D eigenvalue weighted by Gasteiger charge is 2.32. The number of nitrogens with zero attached hydrogens (tertiary/aromatic N) is 1. The van der Waals surface area contributed by atoms with Crippen molar-refractivity contribution in [1.29, 1.82) is 0 Å². The Morgan fingerprint density at radius 1 is 1.00 bits per heavy atom. The lowest BCUT2D eigenvalue weighted by atomic mass is 9.87. The van der Waals surface area contributed by atoms with Gasteiger partial charge in [-0.1, -0.05) is 67.6 Å². The number of hydrogen-bond donors (Lipinski definition) is 1. The van der Waals surface area contributed by atoms with Crippen molar-refractivity contribution >= 4 is 0 Å². The average molecular weight is 281 g/mol. The van der Waals surface area contributed by atoms with Crippen LogP contribution >= 0.6 is 0 Å². The van der Waals surface area contributed by atoms with Crippen molar-refractivity contribution in [3.8, 4) is 0 Å². The molecule has 0 aromatic heterocycles. The molecule has 1 heterocycles. The van der Waals surface area contributed by atoms with Crippen LogP contribution in [0.1, 0.15) is 30.5 Å². The number of piperidine rings is 1. The Balaban J connectivity index is 1.83. The second-order valence-electron chi connectivity index (χ2n) is 6.12. The lowest BCUT2D eigenvalue weighted by Crippen LogP contribution is -2.43. The van der Waals surface area contributed by atoms with Crippen LogP contribution in [0.25, 0.3) is 0 Å². The van der Waals surface area contributed by atoms with E-state index < -0.39 is 0 Å². The maximum Gasteiger partial charge on any atom is 0.0596 e. The van der Waals surface area contributed by atoms with E-state index in [-0.39, 0.29) is 6.10 Å². The molecule has 21 heavy (non-hydrogen) atoms. The van der Waals surface area contributed by atoms with E-state index in [1.54, 1.807) is 0 Å². The Labute approximate surface area is 127 Å². The molecule has 3 rings (SSSR count). The van der Waals surface area contributed by atoms with Crippen LogP contribution in [-0.4, -0.2) is 22.7 Å². The summed E-state index contributed by atoms with van der Waals surface area (Å²) in [5, 5.41) is 10.3. The van der Waals surface area contributed by atoms with Crippen molar-refractivity contribution < 1.29 is 5.11 Å². The highest BCUT2D eigenvalue weighted by molar-refractivity contribution is 5.21. The molecular formula is C19H23NO. The zero-order valence-corrected chi connectivity index (χ0v) is 12.5. The van der Waals surface area contributed by atoms with Crippen molar-refractivity contribution in [2.45, 2.75) is 32.0 Å². The van der Waals surface area contributed by atoms with Gasteiger partial charge in [0.2, 0.25) is 0 Å². The predicted octanol–water partition coefficient (Wildman–Crippen LogP) is 3.63. The fourth-order valence-electron chi connectivity index (χ4n) is 3.24. The van der Waals surface area contributed by atoms with Crippen LogP contribution in [0.4, 0.5) is 0 Å². The largest absolute Gasteiger partial charge is 0.393 e. The summed E-state index contributed by atoms with van der Waals surface area (Å²) in [6.07, 6.45) is 0.611. The van der Waals surface area contributed by atoms with Crippen LogP contribution in [-0.2, 0) is 6.54 Å². The van der Waals surface area contributed by atoms with Crippen molar-refractivity contribution in [3.63, 3.8) is 0 Å². The molecule has 1 fully saturated rings. The number of aliphatic hydroxyl groups is 1. The number of likely N-dealkylation sites (tertiary alicyclic amines) is 1. The van der Waals surface area contributed by atoms with E-state index in [1.807, 2.05) is 6.07 Å². The molecule has 2 aromatic rings. The second kappa shape index (κ2) is 6.42. The molecule has 110 valence electrons. The zero-order chi connectivity index (χ0) is 14.7. The Morgan fingerprint density at radius 2 is 1.62 bits per heavy atom. The Morgan fingerprint density at radius 3 is 2.29 bits per heavy atom. The molecule has 1 unspecified atom stereocenters. The zero-order valence-electron chi connectivity index (χ0n) is 12.5. The molecule has 2 aromatic carbocycles. The molecule has 1 aliphatic rings. The average Bonchev–Trinajstić information content (AvgIpc) is 2.52. The first-order chi connectivity index (χ1) is 10.2. The second-order valence-corrected chi connectivity index (χ2v) is 6.12. The SMILES string of the molecule is C[C@@H]1CN(Cc2ccccc2)[C@@H](c2ccccc2)CC1O. The van der Waals surface area contributed by atoms with Gasteiger partial charge in [0.05, 0.1) is 6.10 Å². The van der Waals surface area contributed by atoms with Crippen molar-refractivity contribution in [2.24, 2.45) is 5.92 Å². The molecule has 0 bridgehead atoms. The van der Waals surface area contributed by atoms with Crippen LogP contribution in [0.3, 0.4) is 0 Å². The van der Waals surface area contributed by atoms with Gasteiger partial charge in [0.1, 0.15) is 0 Å². The third kappa shape index (κ3) is 3.34. The number of hydrogen-bond acceptors (Lipinski definition) is 2. The topological polar surface area (TPSA) is 23.5 Å². The van der Waals surface area contributed by atoms with Crippen molar-refractivity contribution in [1.82, 2.24) is 4.90 Å². The summed E-state index contributed by atoms with van der Waals surface area (Å²) < 4.78 is 0. The van der Waals surface area contributed by atoms with Gasteiger partial charge in [-0.15, -0.1) is 0 Å². The normalized spacial score (nSPS) is 26.7. The quantitative estimate of drug-likeness (QED) is 0.928. The van der Waals surface area contributed by atoms with Gasteiger partial charge < -0.3 is 5.11 Å². The molecule has 1 saturated heterocycles. The van der Waals surface area contributed by atoms with Crippen molar-refractivity contribution in [3.05, 3.63) is 71.8 Å². The molecular weight excluding hydrogens is 258 g/mol. The van der Waals surface area contributed by atoms with Gasteiger partial charge in [-0.2, -0.15) is 0 Å². The fourth-order valence-corrected chi connectivity index (χ4v) is 3.24. The summed E-state index contributed by atoms with van der Waals surface area (Å²) in [7, 11) is 0. The highest BCUT2D eigenvalue weighted by atomic mass is 16.3. The third-order valence-electron chi connectivity index (χ3n) is 4.50. The molecule has 0 amide bonds.